The molecular formula is C13H11N3O2S. The lowest BCUT2D eigenvalue weighted by atomic mass is 10.2. The van der Waals surface area contributed by atoms with Crippen LogP contribution in [0.2, 0.25) is 0 Å². The summed E-state index contributed by atoms with van der Waals surface area (Å²) in [5.41, 5.74) is 1.36. The molecular weight excluding hydrogens is 262 g/mol. The van der Waals surface area contributed by atoms with E-state index in [1.54, 1.807) is 18.3 Å². The van der Waals surface area contributed by atoms with E-state index in [1.165, 1.54) is 24.3 Å². The highest BCUT2D eigenvalue weighted by Crippen LogP contribution is 2.15. The van der Waals surface area contributed by atoms with Crippen LogP contribution in [0.1, 0.15) is 11.1 Å². The Morgan fingerprint density at radius 1 is 1.16 bits per heavy atom. The van der Waals surface area contributed by atoms with Crippen LogP contribution in [0.15, 0.2) is 47.5 Å². The lowest BCUT2D eigenvalue weighted by molar-refractivity contribution is 0.601. The van der Waals surface area contributed by atoms with E-state index >= 15 is 0 Å². The third kappa shape index (κ3) is 3.09. The summed E-state index contributed by atoms with van der Waals surface area (Å²) in [4.78, 5) is 4.07. The zero-order valence-corrected chi connectivity index (χ0v) is 11.0. The maximum absolute atomic E-state index is 12.1. The maximum atomic E-state index is 12.1. The Hall–Kier alpha value is -2.39. The molecule has 2 aromatic rings. The third-order valence-corrected chi connectivity index (χ3v) is 3.81. The fraction of sp³-hybridized carbons (Fsp3) is 0.0769. The van der Waals surface area contributed by atoms with Crippen molar-refractivity contribution in [3.8, 4) is 6.07 Å². The first-order chi connectivity index (χ1) is 9.01. The first-order valence-electron chi connectivity index (χ1n) is 5.47. The second-order valence-electron chi connectivity index (χ2n) is 3.96. The van der Waals surface area contributed by atoms with Crippen molar-refractivity contribution in [2.24, 2.45) is 0 Å². The molecule has 0 bridgehead atoms. The summed E-state index contributed by atoms with van der Waals surface area (Å²) < 4.78 is 26.5. The van der Waals surface area contributed by atoms with E-state index in [0.717, 1.165) is 5.56 Å². The predicted molar refractivity (Wildman–Crippen MR) is 70.9 cm³/mol. The molecule has 0 fully saturated rings. The van der Waals surface area contributed by atoms with Crippen LogP contribution < -0.4 is 4.72 Å². The van der Waals surface area contributed by atoms with Crippen molar-refractivity contribution in [2.45, 2.75) is 11.8 Å². The number of nitrogens with one attached hydrogen (secondary N) is 1. The van der Waals surface area contributed by atoms with Gasteiger partial charge in [0, 0.05) is 6.20 Å². The van der Waals surface area contributed by atoms with E-state index in [9.17, 15) is 8.42 Å². The molecule has 0 aliphatic carbocycles. The molecule has 1 N–H and O–H groups in total. The number of hydrogen-bond donors (Lipinski definition) is 1. The highest BCUT2D eigenvalue weighted by Gasteiger charge is 2.14. The summed E-state index contributed by atoms with van der Waals surface area (Å²) in [6, 6.07) is 11.0. The van der Waals surface area contributed by atoms with Gasteiger partial charge >= 0.3 is 0 Å². The molecule has 5 nitrogen and oxygen atoms in total. The molecule has 1 aromatic carbocycles. The van der Waals surface area contributed by atoms with Gasteiger partial charge in [0.1, 0.15) is 5.82 Å². The molecule has 1 heterocycles. The van der Waals surface area contributed by atoms with E-state index in [-0.39, 0.29) is 10.7 Å². The minimum absolute atomic E-state index is 0.0916. The van der Waals surface area contributed by atoms with Crippen molar-refractivity contribution in [3.05, 3.63) is 53.7 Å². The van der Waals surface area contributed by atoms with Gasteiger partial charge in [-0.3, -0.25) is 4.72 Å². The summed E-state index contributed by atoms with van der Waals surface area (Å²) in [5.74, 6) is 0.259. The van der Waals surface area contributed by atoms with Crippen molar-refractivity contribution in [2.75, 3.05) is 4.72 Å². The number of aryl methyl sites for hydroxylation is 1. The molecule has 0 saturated heterocycles. The zero-order valence-electron chi connectivity index (χ0n) is 10.2. The van der Waals surface area contributed by atoms with Crippen LogP contribution in [-0.2, 0) is 10.0 Å². The molecule has 1 aromatic heterocycles. The van der Waals surface area contributed by atoms with Crippen molar-refractivity contribution in [3.63, 3.8) is 0 Å². The molecule has 0 radical (unpaired) electrons. The van der Waals surface area contributed by atoms with Crippen molar-refractivity contribution in [1.29, 1.82) is 5.26 Å². The highest BCUT2D eigenvalue weighted by atomic mass is 32.2. The maximum Gasteiger partial charge on any atom is 0.263 e. The largest absolute Gasteiger partial charge is 0.263 e. The molecule has 0 saturated carbocycles. The number of aromatic nitrogens is 1. The molecule has 0 aliphatic rings. The van der Waals surface area contributed by atoms with E-state index in [4.69, 9.17) is 5.26 Å². The van der Waals surface area contributed by atoms with Gasteiger partial charge in [-0.15, -0.1) is 0 Å². The van der Waals surface area contributed by atoms with Crippen LogP contribution in [0.5, 0.6) is 0 Å². The Kier molecular flexibility index (Phi) is 3.49. The molecule has 0 unspecified atom stereocenters. The van der Waals surface area contributed by atoms with Gasteiger partial charge < -0.3 is 0 Å². The van der Waals surface area contributed by atoms with Gasteiger partial charge in [0.05, 0.1) is 16.5 Å². The fourth-order valence-electron chi connectivity index (χ4n) is 1.43. The molecule has 0 aliphatic heterocycles. The molecule has 2 rings (SSSR count). The van der Waals surface area contributed by atoms with E-state index in [0.29, 0.717) is 5.56 Å². The van der Waals surface area contributed by atoms with E-state index < -0.39 is 10.0 Å². The van der Waals surface area contributed by atoms with Gasteiger partial charge in [-0.05, 0) is 42.8 Å². The van der Waals surface area contributed by atoms with Gasteiger partial charge in [-0.2, -0.15) is 5.26 Å². The number of hydrogen-bond acceptors (Lipinski definition) is 4. The number of nitriles is 1. The van der Waals surface area contributed by atoms with Gasteiger partial charge in [-0.1, -0.05) is 6.07 Å². The van der Waals surface area contributed by atoms with Crippen molar-refractivity contribution < 1.29 is 8.42 Å². The molecule has 0 amide bonds. The first-order valence-corrected chi connectivity index (χ1v) is 6.95. The molecule has 96 valence electrons. The van der Waals surface area contributed by atoms with E-state index in [2.05, 4.69) is 9.71 Å². The lowest BCUT2D eigenvalue weighted by Gasteiger charge is -2.07. The van der Waals surface area contributed by atoms with Crippen LogP contribution in [0.4, 0.5) is 5.82 Å². The fourth-order valence-corrected chi connectivity index (χ4v) is 2.44. The summed E-state index contributed by atoms with van der Waals surface area (Å²) in [7, 11) is -3.67. The molecule has 6 heteroatoms. The number of sulfonamides is 1. The van der Waals surface area contributed by atoms with Gasteiger partial charge in [0.15, 0.2) is 0 Å². The smallest absolute Gasteiger partial charge is 0.263 e. The van der Waals surface area contributed by atoms with Gasteiger partial charge in [0.2, 0.25) is 0 Å². The number of pyridine rings is 1. The number of nitrogens with zero attached hydrogens (tertiary/aromatic N) is 2. The highest BCUT2D eigenvalue weighted by molar-refractivity contribution is 7.92. The predicted octanol–water partition coefficient (Wildman–Crippen LogP) is 2.06. The summed E-state index contributed by atoms with van der Waals surface area (Å²) in [6.07, 6.45) is 1.58. The van der Waals surface area contributed by atoms with Crippen LogP contribution in [0.25, 0.3) is 0 Å². The van der Waals surface area contributed by atoms with Gasteiger partial charge in [-0.25, -0.2) is 13.4 Å². The summed E-state index contributed by atoms with van der Waals surface area (Å²) in [5, 5.41) is 8.67. The monoisotopic (exact) mass is 273 g/mol. The zero-order chi connectivity index (χ0) is 13.9. The second kappa shape index (κ2) is 5.08. The van der Waals surface area contributed by atoms with Crippen molar-refractivity contribution >= 4 is 15.8 Å². The topological polar surface area (TPSA) is 82.9 Å². The quantitative estimate of drug-likeness (QED) is 0.927. The Balaban J connectivity index is 2.27. The number of benzene rings is 1. The number of rotatable bonds is 3. The third-order valence-electron chi connectivity index (χ3n) is 2.44. The van der Waals surface area contributed by atoms with Crippen molar-refractivity contribution in [1.82, 2.24) is 4.98 Å². The lowest BCUT2D eigenvalue weighted by Crippen LogP contribution is -2.13. The van der Waals surface area contributed by atoms with Crippen LogP contribution in [0, 0.1) is 18.3 Å². The molecule has 19 heavy (non-hydrogen) atoms. The number of anilines is 1. The first kappa shape index (κ1) is 13.1. The minimum atomic E-state index is -3.67. The summed E-state index contributed by atoms with van der Waals surface area (Å²) in [6.45, 7) is 1.87. The summed E-state index contributed by atoms with van der Waals surface area (Å²) >= 11 is 0. The van der Waals surface area contributed by atoms with Gasteiger partial charge in [0.25, 0.3) is 10.0 Å². The Morgan fingerprint density at radius 2 is 1.84 bits per heavy atom. The van der Waals surface area contributed by atoms with Crippen LogP contribution in [0.3, 0.4) is 0 Å². The Morgan fingerprint density at radius 3 is 2.37 bits per heavy atom. The standard InChI is InChI=1S/C13H11N3O2S/c1-10-2-7-13(15-9-10)16-19(17,18)12-5-3-11(8-14)4-6-12/h2-7,9H,1H3,(H,15,16). The average Bonchev–Trinajstić information content (AvgIpc) is 2.41. The van der Waals surface area contributed by atoms with Crippen LogP contribution >= 0.6 is 0 Å². The average molecular weight is 273 g/mol. The van der Waals surface area contributed by atoms with Crippen LogP contribution in [-0.4, -0.2) is 13.4 Å². The molecule has 0 spiro atoms. The normalized spacial score (nSPS) is 10.7. The minimum Gasteiger partial charge on any atom is -0.263 e. The Bertz CT molecular complexity index is 714. The second-order valence-corrected chi connectivity index (χ2v) is 5.64. The SMILES string of the molecule is Cc1ccc(NS(=O)(=O)c2ccc(C#N)cc2)nc1. The van der Waals surface area contributed by atoms with E-state index in [1.807, 2.05) is 13.0 Å². The Labute approximate surface area is 111 Å². The molecule has 0 atom stereocenters.